The van der Waals surface area contributed by atoms with E-state index in [1.54, 1.807) is 31.2 Å². The van der Waals surface area contributed by atoms with Gasteiger partial charge in [0.2, 0.25) is 0 Å². The molecule has 1 aromatic heterocycles. The van der Waals surface area contributed by atoms with Crippen molar-refractivity contribution in [1.82, 2.24) is 14.9 Å². The van der Waals surface area contributed by atoms with E-state index >= 15 is 0 Å². The van der Waals surface area contributed by atoms with Gasteiger partial charge in [0.25, 0.3) is 5.91 Å². The van der Waals surface area contributed by atoms with Gasteiger partial charge in [0, 0.05) is 13.6 Å². The highest BCUT2D eigenvalue weighted by atomic mass is 16.5. The van der Waals surface area contributed by atoms with Crippen molar-refractivity contribution in [3.05, 3.63) is 48.0 Å². The molecule has 5 nitrogen and oxygen atoms in total. The number of nitrogens with one attached hydrogen (secondary N) is 1. The van der Waals surface area contributed by atoms with Crippen LogP contribution in [0.15, 0.2) is 36.8 Å². The molecule has 0 aliphatic heterocycles. The summed E-state index contributed by atoms with van der Waals surface area (Å²) in [6.45, 7) is 0.480. The van der Waals surface area contributed by atoms with Crippen LogP contribution in [0.25, 0.3) is 0 Å². The monoisotopic (exact) mass is 245 g/mol. The maximum atomic E-state index is 11.8. The maximum Gasteiger partial charge on any atom is 0.269 e. The minimum atomic E-state index is -0.134. The van der Waals surface area contributed by atoms with Crippen LogP contribution < -0.4 is 10.1 Å². The van der Waals surface area contributed by atoms with Crippen molar-refractivity contribution in [2.24, 2.45) is 7.05 Å². The summed E-state index contributed by atoms with van der Waals surface area (Å²) in [6, 6.07) is 7.57. The second kappa shape index (κ2) is 5.35. The van der Waals surface area contributed by atoms with Crippen LogP contribution in [0.2, 0.25) is 0 Å². The third kappa shape index (κ3) is 2.68. The molecule has 0 saturated carbocycles. The van der Waals surface area contributed by atoms with E-state index in [0.717, 1.165) is 11.3 Å². The van der Waals surface area contributed by atoms with E-state index in [1.165, 1.54) is 0 Å². The van der Waals surface area contributed by atoms with Crippen LogP contribution in [-0.2, 0) is 13.6 Å². The van der Waals surface area contributed by atoms with Gasteiger partial charge >= 0.3 is 0 Å². The van der Waals surface area contributed by atoms with E-state index in [-0.39, 0.29) is 5.91 Å². The third-order valence-electron chi connectivity index (χ3n) is 2.66. The zero-order chi connectivity index (χ0) is 13.0. The van der Waals surface area contributed by atoms with Crippen LogP contribution >= 0.6 is 0 Å². The molecule has 0 bridgehead atoms. The van der Waals surface area contributed by atoms with E-state index in [2.05, 4.69) is 10.3 Å². The number of benzene rings is 1. The Morgan fingerprint density at radius 2 is 2.11 bits per heavy atom. The molecule has 1 heterocycles. The maximum absolute atomic E-state index is 11.8. The molecule has 0 spiro atoms. The van der Waals surface area contributed by atoms with Gasteiger partial charge in [-0.1, -0.05) is 12.1 Å². The summed E-state index contributed by atoms with van der Waals surface area (Å²) in [5, 5.41) is 2.84. The number of aryl methyl sites for hydroxylation is 1. The van der Waals surface area contributed by atoms with Gasteiger partial charge in [-0.3, -0.25) is 4.79 Å². The summed E-state index contributed by atoms with van der Waals surface area (Å²) < 4.78 is 6.75. The van der Waals surface area contributed by atoms with E-state index in [9.17, 15) is 4.79 Å². The summed E-state index contributed by atoms with van der Waals surface area (Å²) in [4.78, 5) is 15.7. The fourth-order valence-corrected chi connectivity index (χ4v) is 1.59. The molecular formula is C13H15N3O2. The molecule has 2 aromatic rings. The van der Waals surface area contributed by atoms with Crippen molar-refractivity contribution >= 4 is 5.91 Å². The van der Waals surface area contributed by atoms with Crippen LogP contribution in [0.5, 0.6) is 5.75 Å². The average Bonchev–Trinajstić information content (AvgIpc) is 2.83. The van der Waals surface area contributed by atoms with Gasteiger partial charge in [-0.2, -0.15) is 0 Å². The van der Waals surface area contributed by atoms with E-state index in [1.807, 2.05) is 24.3 Å². The SMILES string of the molecule is COc1ccc(CNC(=O)c2cncn2C)cc1. The molecule has 94 valence electrons. The molecule has 1 aromatic carbocycles. The highest BCUT2D eigenvalue weighted by Gasteiger charge is 2.08. The Hall–Kier alpha value is -2.30. The van der Waals surface area contributed by atoms with Gasteiger partial charge in [0.15, 0.2) is 0 Å². The number of amides is 1. The Kier molecular flexibility index (Phi) is 3.62. The Morgan fingerprint density at radius 1 is 1.39 bits per heavy atom. The summed E-state index contributed by atoms with van der Waals surface area (Å²) in [5.41, 5.74) is 1.56. The van der Waals surface area contributed by atoms with Crippen LogP contribution in [0.4, 0.5) is 0 Å². The molecule has 5 heteroatoms. The summed E-state index contributed by atoms with van der Waals surface area (Å²) in [7, 11) is 3.41. The molecule has 0 fully saturated rings. The van der Waals surface area contributed by atoms with Gasteiger partial charge in [-0.25, -0.2) is 4.98 Å². The number of hydrogen-bond donors (Lipinski definition) is 1. The van der Waals surface area contributed by atoms with Crippen LogP contribution in [-0.4, -0.2) is 22.6 Å². The number of nitrogens with zero attached hydrogens (tertiary/aromatic N) is 2. The summed E-state index contributed by atoms with van der Waals surface area (Å²) in [5.74, 6) is 0.669. The lowest BCUT2D eigenvalue weighted by atomic mass is 10.2. The smallest absolute Gasteiger partial charge is 0.269 e. The quantitative estimate of drug-likeness (QED) is 0.884. The molecule has 1 amide bonds. The minimum Gasteiger partial charge on any atom is -0.497 e. The number of carbonyl (C=O) groups is 1. The van der Waals surface area contributed by atoms with E-state index in [0.29, 0.717) is 12.2 Å². The van der Waals surface area contributed by atoms with Crippen LogP contribution in [0, 0.1) is 0 Å². The third-order valence-corrected chi connectivity index (χ3v) is 2.66. The number of rotatable bonds is 4. The van der Waals surface area contributed by atoms with Crippen molar-refractivity contribution in [2.45, 2.75) is 6.54 Å². The first-order chi connectivity index (χ1) is 8.70. The molecule has 0 saturated heterocycles. The second-order valence-electron chi connectivity index (χ2n) is 3.92. The second-order valence-corrected chi connectivity index (χ2v) is 3.92. The van der Waals surface area contributed by atoms with Crippen molar-refractivity contribution < 1.29 is 9.53 Å². The van der Waals surface area contributed by atoms with Crippen molar-refractivity contribution in [3.8, 4) is 5.75 Å². The minimum absolute atomic E-state index is 0.134. The Morgan fingerprint density at radius 3 is 2.67 bits per heavy atom. The Labute approximate surface area is 105 Å². The van der Waals surface area contributed by atoms with Crippen LogP contribution in [0.3, 0.4) is 0 Å². The number of aromatic nitrogens is 2. The largest absolute Gasteiger partial charge is 0.497 e. The van der Waals surface area contributed by atoms with Crippen LogP contribution in [0.1, 0.15) is 16.1 Å². The number of carbonyl (C=O) groups excluding carboxylic acids is 1. The van der Waals surface area contributed by atoms with Gasteiger partial charge in [0.1, 0.15) is 11.4 Å². The predicted octanol–water partition coefficient (Wildman–Crippen LogP) is 1.36. The van der Waals surface area contributed by atoms with Crippen molar-refractivity contribution in [2.75, 3.05) is 7.11 Å². The average molecular weight is 245 g/mol. The molecule has 0 aliphatic carbocycles. The zero-order valence-corrected chi connectivity index (χ0v) is 10.4. The first-order valence-electron chi connectivity index (χ1n) is 5.58. The fraction of sp³-hybridized carbons (Fsp3) is 0.231. The van der Waals surface area contributed by atoms with Gasteiger partial charge in [-0.05, 0) is 17.7 Å². The normalized spacial score (nSPS) is 10.1. The fourth-order valence-electron chi connectivity index (χ4n) is 1.59. The lowest BCUT2D eigenvalue weighted by molar-refractivity contribution is 0.0942. The number of hydrogen-bond acceptors (Lipinski definition) is 3. The van der Waals surface area contributed by atoms with Gasteiger partial charge < -0.3 is 14.6 Å². The topological polar surface area (TPSA) is 56.1 Å². The molecule has 18 heavy (non-hydrogen) atoms. The molecule has 0 unspecified atom stereocenters. The lowest BCUT2D eigenvalue weighted by Crippen LogP contribution is -2.24. The van der Waals surface area contributed by atoms with E-state index < -0.39 is 0 Å². The summed E-state index contributed by atoms with van der Waals surface area (Å²) >= 11 is 0. The molecular weight excluding hydrogens is 230 g/mol. The number of methoxy groups -OCH3 is 1. The first-order valence-corrected chi connectivity index (χ1v) is 5.58. The van der Waals surface area contributed by atoms with Crippen molar-refractivity contribution in [3.63, 3.8) is 0 Å². The zero-order valence-electron chi connectivity index (χ0n) is 10.4. The standard InChI is InChI=1S/C13H15N3O2/c1-16-9-14-8-12(16)13(17)15-7-10-3-5-11(18-2)6-4-10/h3-6,8-9H,7H2,1-2H3,(H,15,17). The Bertz CT molecular complexity index is 531. The number of ether oxygens (including phenoxy) is 1. The first kappa shape index (κ1) is 12.2. The molecule has 2 rings (SSSR count). The Balaban J connectivity index is 1.95. The predicted molar refractivity (Wildman–Crippen MR) is 67.4 cm³/mol. The molecule has 1 N–H and O–H groups in total. The van der Waals surface area contributed by atoms with Crippen molar-refractivity contribution in [1.29, 1.82) is 0 Å². The lowest BCUT2D eigenvalue weighted by Gasteiger charge is -2.06. The summed E-state index contributed by atoms with van der Waals surface area (Å²) in [6.07, 6.45) is 3.14. The van der Waals surface area contributed by atoms with Gasteiger partial charge in [0.05, 0.1) is 19.6 Å². The molecule has 0 atom stereocenters. The highest BCUT2D eigenvalue weighted by molar-refractivity contribution is 5.92. The molecule has 0 aliphatic rings. The highest BCUT2D eigenvalue weighted by Crippen LogP contribution is 2.11. The molecule has 0 radical (unpaired) electrons. The number of imidazole rings is 1. The van der Waals surface area contributed by atoms with E-state index in [4.69, 9.17) is 4.74 Å². The van der Waals surface area contributed by atoms with Gasteiger partial charge in [-0.15, -0.1) is 0 Å².